The smallest absolute Gasteiger partial charge is 0.0759 e. The third-order valence-electron chi connectivity index (χ3n) is 4.55. The standard InChI is InChI=1S/C15H21ClN2O2/c16-12-2-1-6-18-14(12)13(17)11-3-7-20-15(10-11)4-8-19-9-5-15/h1-2,6,11,13H,3-5,7-10,17H2. The Bertz CT molecular complexity index is 457. The average Bonchev–Trinajstić information content (AvgIpc) is 2.48. The summed E-state index contributed by atoms with van der Waals surface area (Å²) in [6, 6.07) is 3.57. The van der Waals surface area contributed by atoms with Crippen LogP contribution in [0.1, 0.15) is 37.4 Å². The first-order valence-electron chi connectivity index (χ1n) is 7.28. The molecule has 0 bridgehead atoms. The van der Waals surface area contributed by atoms with E-state index in [1.54, 1.807) is 6.20 Å². The fourth-order valence-electron chi connectivity index (χ4n) is 3.33. The molecular formula is C15H21ClN2O2. The molecule has 0 radical (unpaired) electrons. The summed E-state index contributed by atoms with van der Waals surface area (Å²) in [5, 5.41) is 0.660. The fourth-order valence-corrected chi connectivity index (χ4v) is 3.58. The molecule has 2 aliphatic heterocycles. The molecule has 0 aromatic carbocycles. The van der Waals surface area contributed by atoms with Gasteiger partial charge in [0.1, 0.15) is 0 Å². The SMILES string of the molecule is NC(c1ncccc1Cl)C1CCOC2(CCOCC2)C1. The largest absolute Gasteiger partial charge is 0.381 e. The molecule has 2 N–H and O–H groups in total. The minimum atomic E-state index is -0.118. The van der Waals surface area contributed by atoms with Gasteiger partial charge in [0, 0.05) is 26.0 Å². The number of halogens is 1. The van der Waals surface area contributed by atoms with Crippen molar-refractivity contribution in [2.45, 2.75) is 37.3 Å². The average molecular weight is 297 g/mol. The lowest BCUT2D eigenvalue weighted by atomic mass is 9.77. The second kappa shape index (κ2) is 5.98. The van der Waals surface area contributed by atoms with Crippen LogP contribution in [-0.2, 0) is 9.47 Å². The molecule has 0 aliphatic carbocycles. The Kier molecular flexibility index (Phi) is 4.26. The molecule has 3 rings (SSSR count). The molecule has 2 fully saturated rings. The van der Waals surface area contributed by atoms with Gasteiger partial charge >= 0.3 is 0 Å². The second-order valence-electron chi connectivity index (χ2n) is 5.79. The highest BCUT2D eigenvalue weighted by Crippen LogP contribution is 2.41. The van der Waals surface area contributed by atoms with Crippen LogP contribution in [0.15, 0.2) is 18.3 Å². The molecule has 2 atom stereocenters. The molecule has 1 aromatic rings. The van der Waals surface area contributed by atoms with Crippen molar-refractivity contribution in [3.05, 3.63) is 29.0 Å². The zero-order valence-electron chi connectivity index (χ0n) is 11.6. The van der Waals surface area contributed by atoms with Gasteiger partial charge in [-0.3, -0.25) is 4.98 Å². The molecule has 1 spiro atoms. The minimum absolute atomic E-state index is 0.0416. The van der Waals surface area contributed by atoms with Crippen LogP contribution >= 0.6 is 11.6 Å². The van der Waals surface area contributed by atoms with Crippen LogP contribution in [0.5, 0.6) is 0 Å². The molecule has 2 unspecified atom stereocenters. The molecule has 2 aliphatic rings. The number of nitrogens with zero attached hydrogens (tertiary/aromatic N) is 1. The highest BCUT2D eigenvalue weighted by atomic mass is 35.5. The van der Waals surface area contributed by atoms with E-state index in [2.05, 4.69) is 4.98 Å². The zero-order chi connectivity index (χ0) is 14.0. The van der Waals surface area contributed by atoms with Crippen LogP contribution in [0, 0.1) is 5.92 Å². The van der Waals surface area contributed by atoms with E-state index in [1.807, 2.05) is 12.1 Å². The molecule has 110 valence electrons. The van der Waals surface area contributed by atoms with Gasteiger partial charge in [0.15, 0.2) is 0 Å². The van der Waals surface area contributed by atoms with Gasteiger partial charge in [0.05, 0.1) is 22.4 Å². The van der Waals surface area contributed by atoms with Gasteiger partial charge in [-0.2, -0.15) is 0 Å². The lowest BCUT2D eigenvalue weighted by Gasteiger charge is -2.44. The topological polar surface area (TPSA) is 57.4 Å². The monoisotopic (exact) mass is 296 g/mol. The Morgan fingerprint density at radius 3 is 2.90 bits per heavy atom. The molecule has 0 amide bonds. The number of pyridine rings is 1. The van der Waals surface area contributed by atoms with Crippen LogP contribution in [-0.4, -0.2) is 30.4 Å². The van der Waals surface area contributed by atoms with Crippen LogP contribution in [0.2, 0.25) is 5.02 Å². The molecule has 0 saturated carbocycles. The maximum Gasteiger partial charge on any atom is 0.0759 e. The molecule has 4 nitrogen and oxygen atoms in total. The van der Waals surface area contributed by atoms with Crippen LogP contribution in [0.4, 0.5) is 0 Å². The van der Waals surface area contributed by atoms with Crippen molar-refractivity contribution in [3.8, 4) is 0 Å². The lowest BCUT2D eigenvalue weighted by Crippen LogP contribution is -2.46. The number of ether oxygens (including phenoxy) is 2. The zero-order valence-corrected chi connectivity index (χ0v) is 12.3. The first-order valence-corrected chi connectivity index (χ1v) is 7.66. The van der Waals surface area contributed by atoms with Crippen molar-refractivity contribution in [1.29, 1.82) is 0 Å². The third-order valence-corrected chi connectivity index (χ3v) is 4.87. The highest BCUT2D eigenvalue weighted by molar-refractivity contribution is 6.31. The van der Waals surface area contributed by atoms with E-state index in [-0.39, 0.29) is 11.6 Å². The summed E-state index contributed by atoms with van der Waals surface area (Å²) in [7, 11) is 0. The van der Waals surface area contributed by atoms with Crippen molar-refractivity contribution < 1.29 is 9.47 Å². The van der Waals surface area contributed by atoms with Crippen molar-refractivity contribution >= 4 is 11.6 Å². The summed E-state index contributed by atoms with van der Waals surface area (Å²) in [5.41, 5.74) is 7.19. The predicted octanol–water partition coefficient (Wildman–Crippen LogP) is 2.71. The van der Waals surface area contributed by atoms with Crippen LogP contribution < -0.4 is 5.73 Å². The molecule has 3 heterocycles. The predicted molar refractivity (Wildman–Crippen MR) is 77.6 cm³/mol. The van der Waals surface area contributed by atoms with E-state index in [0.717, 1.165) is 51.2 Å². The van der Waals surface area contributed by atoms with Gasteiger partial charge in [-0.05, 0) is 43.7 Å². The van der Waals surface area contributed by atoms with Gasteiger partial charge in [0.2, 0.25) is 0 Å². The molecule has 5 heteroatoms. The van der Waals surface area contributed by atoms with Crippen LogP contribution in [0.25, 0.3) is 0 Å². The van der Waals surface area contributed by atoms with Crippen molar-refractivity contribution in [2.75, 3.05) is 19.8 Å². The number of nitrogens with two attached hydrogens (primary N) is 1. The van der Waals surface area contributed by atoms with Crippen molar-refractivity contribution in [2.24, 2.45) is 11.7 Å². The van der Waals surface area contributed by atoms with E-state index < -0.39 is 0 Å². The Labute approximate surface area is 124 Å². The minimum Gasteiger partial charge on any atom is -0.381 e. The van der Waals surface area contributed by atoms with Crippen molar-refractivity contribution in [3.63, 3.8) is 0 Å². The van der Waals surface area contributed by atoms with Crippen LogP contribution in [0.3, 0.4) is 0 Å². The quantitative estimate of drug-likeness (QED) is 0.911. The van der Waals surface area contributed by atoms with Crippen molar-refractivity contribution in [1.82, 2.24) is 4.98 Å². The highest BCUT2D eigenvalue weighted by Gasteiger charge is 2.41. The summed E-state index contributed by atoms with van der Waals surface area (Å²) in [5.74, 6) is 0.370. The van der Waals surface area contributed by atoms with Gasteiger partial charge in [-0.15, -0.1) is 0 Å². The normalized spacial score (nSPS) is 27.4. The van der Waals surface area contributed by atoms with Gasteiger partial charge in [-0.1, -0.05) is 11.6 Å². The number of hydrogen-bond acceptors (Lipinski definition) is 4. The molecular weight excluding hydrogens is 276 g/mol. The van der Waals surface area contributed by atoms with E-state index >= 15 is 0 Å². The molecule has 20 heavy (non-hydrogen) atoms. The van der Waals surface area contributed by atoms with Gasteiger partial charge in [-0.25, -0.2) is 0 Å². The summed E-state index contributed by atoms with van der Waals surface area (Å²) < 4.78 is 11.5. The Morgan fingerprint density at radius 2 is 2.15 bits per heavy atom. The summed E-state index contributed by atoms with van der Waals surface area (Å²) in [6.45, 7) is 2.33. The Morgan fingerprint density at radius 1 is 1.35 bits per heavy atom. The number of aromatic nitrogens is 1. The maximum absolute atomic E-state index is 6.43. The van der Waals surface area contributed by atoms with Gasteiger partial charge < -0.3 is 15.2 Å². The molecule has 1 aromatic heterocycles. The third kappa shape index (κ3) is 2.84. The first-order chi connectivity index (χ1) is 9.70. The number of hydrogen-bond donors (Lipinski definition) is 1. The number of rotatable bonds is 2. The summed E-state index contributed by atoms with van der Waals surface area (Å²) >= 11 is 6.22. The fraction of sp³-hybridized carbons (Fsp3) is 0.667. The van der Waals surface area contributed by atoms with E-state index in [1.165, 1.54) is 0 Å². The van der Waals surface area contributed by atoms with Gasteiger partial charge in [0.25, 0.3) is 0 Å². The van der Waals surface area contributed by atoms with E-state index in [0.29, 0.717) is 10.9 Å². The Balaban J connectivity index is 1.75. The van der Waals surface area contributed by atoms with E-state index in [9.17, 15) is 0 Å². The summed E-state index contributed by atoms with van der Waals surface area (Å²) in [4.78, 5) is 4.36. The van der Waals surface area contributed by atoms with E-state index in [4.69, 9.17) is 26.8 Å². The first kappa shape index (κ1) is 14.3. The molecule has 2 saturated heterocycles. The summed E-state index contributed by atoms with van der Waals surface area (Å²) in [6.07, 6.45) is 5.63. The lowest BCUT2D eigenvalue weighted by molar-refractivity contribution is -0.149. The Hall–Kier alpha value is -0.680. The second-order valence-corrected chi connectivity index (χ2v) is 6.20. The maximum atomic E-state index is 6.43.